The van der Waals surface area contributed by atoms with Gasteiger partial charge in [-0.15, -0.1) is 0 Å². The molecule has 0 aliphatic carbocycles. The van der Waals surface area contributed by atoms with Crippen molar-refractivity contribution in [3.05, 3.63) is 65.9 Å². The van der Waals surface area contributed by atoms with Crippen LogP contribution in [0.25, 0.3) is 10.9 Å². The Morgan fingerprint density at radius 1 is 1.00 bits per heavy atom. The number of benzene rings is 2. The van der Waals surface area contributed by atoms with E-state index in [0.29, 0.717) is 0 Å². The van der Waals surface area contributed by atoms with E-state index in [9.17, 15) is 0 Å². The van der Waals surface area contributed by atoms with Crippen LogP contribution in [-0.4, -0.2) is 11.7 Å². The molecule has 1 aromatic heterocycles. The van der Waals surface area contributed by atoms with Crippen LogP contribution in [0, 0.1) is 6.92 Å². The molecule has 1 heterocycles. The number of ether oxygens (including phenoxy) is 1. The normalized spacial score (nSPS) is 10.8. The summed E-state index contributed by atoms with van der Waals surface area (Å²) in [5.74, 6) is 0.932. The fourth-order valence-corrected chi connectivity index (χ4v) is 2.48. The minimum absolute atomic E-state index is 0.892. The molecule has 0 atom stereocenters. The molecule has 0 radical (unpaired) electrons. The van der Waals surface area contributed by atoms with Crippen LogP contribution < -0.4 is 4.74 Å². The molecule has 0 fully saturated rings. The number of nitrogens with zero attached hydrogens (tertiary/aromatic N) is 1. The Morgan fingerprint density at radius 3 is 2.63 bits per heavy atom. The number of fused-ring (bicyclic) bond motifs is 1. The summed E-state index contributed by atoms with van der Waals surface area (Å²) in [6, 6.07) is 16.8. The molecule has 2 nitrogen and oxygen atoms in total. The molecule has 0 bridgehead atoms. The number of aromatic nitrogens is 1. The Morgan fingerprint density at radius 2 is 1.84 bits per heavy atom. The summed E-state index contributed by atoms with van der Waals surface area (Å²) in [6.45, 7) is 3.05. The number of rotatable bonds is 3. The maximum Gasteiger partial charge on any atom is 0.128 e. The van der Waals surface area contributed by atoms with Crippen molar-refractivity contribution in [2.75, 3.05) is 7.11 Å². The van der Waals surface area contributed by atoms with Gasteiger partial charge in [-0.05, 0) is 36.2 Å². The van der Waals surface area contributed by atoms with E-state index in [-0.39, 0.29) is 0 Å². The van der Waals surface area contributed by atoms with Gasteiger partial charge in [0.2, 0.25) is 0 Å². The van der Waals surface area contributed by atoms with Crippen molar-refractivity contribution in [1.82, 2.24) is 4.57 Å². The van der Waals surface area contributed by atoms with Crippen molar-refractivity contribution >= 4 is 10.9 Å². The number of methoxy groups -OCH3 is 1. The lowest BCUT2D eigenvalue weighted by Gasteiger charge is -2.09. The predicted octanol–water partition coefficient (Wildman–Crippen LogP) is 4.01. The zero-order chi connectivity index (χ0) is 13.2. The molecule has 0 N–H and O–H groups in total. The Labute approximate surface area is 113 Å². The van der Waals surface area contributed by atoms with Crippen molar-refractivity contribution < 1.29 is 4.74 Å². The predicted molar refractivity (Wildman–Crippen MR) is 78.8 cm³/mol. The molecule has 3 rings (SSSR count). The molecular formula is C17H17NO. The first-order valence-corrected chi connectivity index (χ1v) is 6.46. The van der Waals surface area contributed by atoms with Gasteiger partial charge in [-0.25, -0.2) is 0 Å². The summed E-state index contributed by atoms with van der Waals surface area (Å²) in [5.41, 5.74) is 3.89. The van der Waals surface area contributed by atoms with Crippen LogP contribution in [-0.2, 0) is 6.54 Å². The molecule has 2 aromatic carbocycles. The fourth-order valence-electron chi connectivity index (χ4n) is 2.48. The molecule has 19 heavy (non-hydrogen) atoms. The van der Waals surface area contributed by atoms with E-state index in [1.807, 2.05) is 12.1 Å². The van der Waals surface area contributed by atoms with Crippen molar-refractivity contribution in [2.24, 2.45) is 0 Å². The van der Waals surface area contributed by atoms with E-state index in [1.54, 1.807) is 7.11 Å². The molecule has 0 aliphatic rings. The highest BCUT2D eigenvalue weighted by Crippen LogP contribution is 2.27. The van der Waals surface area contributed by atoms with Gasteiger partial charge in [-0.3, -0.25) is 0 Å². The van der Waals surface area contributed by atoms with E-state index in [1.165, 1.54) is 22.0 Å². The number of hydrogen-bond donors (Lipinski definition) is 0. The summed E-state index contributed by atoms with van der Waals surface area (Å²) in [4.78, 5) is 0. The zero-order valence-corrected chi connectivity index (χ0v) is 11.3. The Balaban J connectivity index is 2.05. The second-order valence-electron chi connectivity index (χ2n) is 4.76. The van der Waals surface area contributed by atoms with Gasteiger partial charge in [0.1, 0.15) is 5.75 Å². The molecule has 0 aliphatic heterocycles. The lowest BCUT2D eigenvalue weighted by molar-refractivity contribution is 0.420. The van der Waals surface area contributed by atoms with Crippen molar-refractivity contribution in [3.8, 4) is 5.75 Å². The van der Waals surface area contributed by atoms with Crippen LogP contribution >= 0.6 is 0 Å². The van der Waals surface area contributed by atoms with Crippen LogP contribution in [0.2, 0.25) is 0 Å². The van der Waals surface area contributed by atoms with Crippen LogP contribution in [0.3, 0.4) is 0 Å². The van der Waals surface area contributed by atoms with Gasteiger partial charge in [0.05, 0.1) is 12.6 Å². The van der Waals surface area contributed by atoms with Gasteiger partial charge >= 0.3 is 0 Å². The van der Waals surface area contributed by atoms with E-state index >= 15 is 0 Å². The van der Waals surface area contributed by atoms with E-state index in [2.05, 4.69) is 54.1 Å². The third-order valence-corrected chi connectivity index (χ3v) is 3.60. The van der Waals surface area contributed by atoms with Gasteiger partial charge in [0, 0.05) is 18.1 Å². The van der Waals surface area contributed by atoms with Crippen LogP contribution in [0.5, 0.6) is 5.75 Å². The highest BCUT2D eigenvalue weighted by Gasteiger charge is 2.06. The third kappa shape index (κ3) is 2.10. The summed E-state index contributed by atoms with van der Waals surface area (Å²) in [6.07, 6.45) is 2.12. The van der Waals surface area contributed by atoms with E-state index < -0.39 is 0 Å². The molecular weight excluding hydrogens is 234 g/mol. The minimum atomic E-state index is 0.892. The quantitative estimate of drug-likeness (QED) is 0.686. The maximum atomic E-state index is 5.40. The van der Waals surface area contributed by atoms with Gasteiger partial charge in [-0.2, -0.15) is 0 Å². The molecule has 2 heteroatoms. The molecule has 0 amide bonds. The summed E-state index contributed by atoms with van der Waals surface area (Å²) >= 11 is 0. The first kappa shape index (κ1) is 11.8. The average molecular weight is 251 g/mol. The van der Waals surface area contributed by atoms with Gasteiger partial charge in [0.25, 0.3) is 0 Å². The Hall–Kier alpha value is -2.22. The van der Waals surface area contributed by atoms with E-state index in [4.69, 9.17) is 4.74 Å². The molecule has 96 valence electrons. The lowest BCUT2D eigenvalue weighted by atomic mass is 10.1. The molecule has 0 unspecified atom stereocenters. The topological polar surface area (TPSA) is 14.2 Å². The maximum absolute atomic E-state index is 5.40. The SMILES string of the molecule is COc1cccc2c1ccn2Cc1ccccc1C. The largest absolute Gasteiger partial charge is 0.496 e. The summed E-state index contributed by atoms with van der Waals surface area (Å²) < 4.78 is 7.67. The first-order chi connectivity index (χ1) is 9.29. The minimum Gasteiger partial charge on any atom is -0.496 e. The molecule has 0 saturated carbocycles. The summed E-state index contributed by atoms with van der Waals surface area (Å²) in [5, 5.41) is 1.17. The number of aryl methyl sites for hydroxylation is 1. The van der Waals surface area contributed by atoms with Gasteiger partial charge < -0.3 is 9.30 Å². The van der Waals surface area contributed by atoms with Crippen molar-refractivity contribution in [2.45, 2.75) is 13.5 Å². The molecule has 0 spiro atoms. The highest BCUT2D eigenvalue weighted by atomic mass is 16.5. The molecule has 0 saturated heterocycles. The van der Waals surface area contributed by atoms with Gasteiger partial charge in [0.15, 0.2) is 0 Å². The highest BCUT2D eigenvalue weighted by molar-refractivity contribution is 5.86. The van der Waals surface area contributed by atoms with Crippen LogP contribution in [0.1, 0.15) is 11.1 Å². The second-order valence-corrected chi connectivity index (χ2v) is 4.76. The van der Waals surface area contributed by atoms with Crippen LogP contribution in [0.4, 0.5) is 0 Å². The monoisotopic (exact) mass is 251 g/mol. The third-order valence-electron chi connectivity index (χ3n) is 3.60. The fraction of sp³-hybridized carbons (Fsp3) is 0.176. The van der Waals surface area contributed by atoms with Crippen LogP contribution in [0.15, 0.2) is 54.7 Å². The van der Waals surface area contributed by atoms with Gasteiger partial charge in [-0.1, -0.05) is 30.3 Å². The summed E-state index contributed by atoms with van der Waals surface area (Å²) in [7, 11) is 1.72. The van der Waals surface area contributed by atoms with Crippen molar-refractivity contribution in [3.63, 3.8) is 0 Å². The smallest absolute Gasteiger partial charge is 0.128 e. The standard InChI is InChI=1S/C17H17NO/c1-13-6-3-4-7-14(13)12-18-11-10-15-16(18)8-5-9-17(15)19-2/h3-11H,12H2,1-2H3. The average Bonchev–Trinajstić information content (AvgIpc) is 2.84. The van der Waals surface area contributed by atoms with Crippen molar-refractivity contribution in [1.29, 1.82) is 0 Å². The molecule has 3 aromatic rings. The number of hydrogen-bond acceptors (Lipinski definition) is 1. The zero-order valence-electron chi connectivity index (χ0n) is 11.3. The first-order valence-electron chi connectivity index (χ1n) is 6.46. The van der Waals surface area contributed by atoms with E-state index in [0.717, 1.165) is 12.3 Å². The Kier molecular flexibility index (Phi) is 3.00. The lowest BCUT2D eigenvalue weighted by Crippen LogP contribution is -1.99. The Bertz CT molecular complexity index is 712. The second kappa shape index (κ2) is 4.81.